The molecule has 0 spiro atoms. The average Bonchev–Trinajstić information content (AvgIpc) is 2.37. The van der Waals surface area contributed by atoms with Crippen molar-refractivity contribution in [1.82, 2.24) is 0 Å². The maximum atomic E-state index is 6.24. The van der Waals surface area contributed by atoms with Crippen LogP contribution in [0, 0.1) is 6.92 Å². The lowest BCUT2D eigenvalue weighted by molar-refractivity contribution is 0.621. The van der Waals surface area contributed by atoms with Gasteiger partial charge in [0.05, 0.1) is 0 Å². The maximum absolute atomic E-state index is 6.24. The second kappa shape index (κ2) is 5.30. The fourth-order valence-corrected chi connectivity index (χ4v) is 2.29. The zero-order valence-corrected chi connectivity index (χ0v) is 10.3. The molecule has 2 heteroatoms. The molecule has 0 heterocycles. The van der Waals surface area contributed by atoms with E-state index in [4.69, 9.17) is 11.5 Å². The normalized spacial score (nSPS) is 12.9. The molecule has 0 saturated heterocycles. The third-order valence-electron chi connectivity index (χ3n) is 3.29. The Morgan fingerprint density at radius 1 is 1.06 bits per heavy atom. The van der Waals surface area contributed by atoms with Crippen LogP contribution in [-0.4, -0.2) is 6.54 Å². The van der Waals surface area contributed by atoms with Crippen LogP contribution in [0.25, 0.3) is 10.8 Å². The van der Waals surface area contributed by atoms with E-state index in [1.165, 1.54) is 21.9 Å². The molecule has 0 aromatic heterocycles. The molecular weight excluding hydrogens is 208 g/mol. The molecule has 1 atom stereocenters. The third kappa shape index (κ3) is 2.48. The van der Waals surface area contributed by atoms with Gasteiger partial charge in [0.25, 0.3) is 0 Å². The number of aryl methyl sites for hydroxylation is 1. The summed E-state index contributed by atoms with van der Waals surface area (Å²) in [4.78, 5) is 0. The van der Waals surface area contributed by atoms with Crippen molar-refractivity contribution in [3.05, 3.63) is 47.5 Å². The quantitative estimate of drug-likeness (QED) is 0.845. The first kappa shape index (κ1) is 12.1. The standard InChI is InChI=1S/C15H20N2/c1-11-8-9-14(15(17)7-4-10-16)13-6-3-2-5-12(11)13/h2-3,5-6,8-9,15H,4,7,10,16-17H2,1H3/t15-/m1/s1. The number of hydrogen-bond acceptors (Lipinski definition) is 2. The molecule has 0 saturated carbocycles. The highest BCUT2D eigenvalue weighted by atomic mass is 14.6. The lowest BCUT2D eigenvalue weighted by Crippen LogP contribution is -2.13. The molecule has 2 aromatic rings. The van der Waals surface area contributed by atoms with Crippen LogP contribution >= 0.6 is 0 Å². The first-order chi connectivity index (χ1) is 8.24. The summed E-state index contributed by atoms with van der Waals surface area (Å²) < 4.78 is 0. The lowest BCUT2D eigenvalue weighted by atomic mass is 9.94. The predicted molar refractivity (Wildman–Crippen MR) is 73.9 cm³/mol. The molecule has 0 aliphatic carbocycles. The van der Waals surface area contributed by atoms with Gasteiger partial charge in [0, 0.05) is 6.04 Å². The monoisotopic (exact) mass is 228 g/mol. The molecule has 2 rings (SSSR count). The second-order valence-corrected chi connectivity index (χ2v) is 4.55. The molecule has 0 aliphatic rings. The predicted octanol–water partition coefficient (Wildman–Crippen LogP) is 2.89. The van der Waals surface area contributed by atoms with Crippen LogP contribution in [0.2, 0.25) is 0 Å². The van der Waals surface area contributed by atoms with E-state index in [1.54, 1.807) is 0 Å². The smallest absolute Gasteiger partial charge is 0.0301 e. The van der Waals surface area contributed by atoms with E-state index < -0.39 is 0 Å². The van der Waals surface area contributed by atoms with E-state index in [-0.39, 0.29) is 6.04 Å². The van der Waals surface area contributed by atoms with E-state index in [0.29, 0.717) is 6.54 Å². The van der Waals surface area contributed by atoms with E-state index in [9.17, 15) is 0 Å². The molecule has 2 nitrogen and oxygen atoms in total. The first-order valence-electron chi connectivity index (χ1n) is 6.18. The molecular formula is C15H20N2. The Hall–Kier alpha value is -1.38. The lowest BCUT2D eigenvalue weighted by Gasteiger charge is -2.15. The van der Waals surface area contributed by atoms with Gasteiger partial charge in [-0.15, -0.1) is 0 Å². The van der Waals surface area contributed by atoms with Gasteiger partial charge in [0.1, 0.15) is 0 Å². The Bertz CT molecular complexity index is 505. The highest BCUT2D eigenvalue weighted by Gasteiger charge is 2.10. The molecule has 0 aliphatic heterocycles. The fourth-order valence-electron chi connectivity index (χ4n) is 2.29. The van der Waals surface area contributed by atoms with Crippen LogP contribution in [0.1, 0.15) is 30.0 Å². The van der Waals surface area contributed by atoms with Gasteiger partial charge in [-0.2, -0.15) is 0 Å². The maximum Gasteiger partial charge on any atom is 0.0301 e. The summed E-state index contributed by atoms with van der Waals surface area (Å²) in [6.07, 6.45) is 1.92. The van der Waals surface area contributed by atoms with Crippen LogP contribution in [0.4, 0.5) is 0 Å². The van der Waals surface area contributed by atoms with Gasteiger partial charge in [-0.25, -0.2) is 0 Å². The van der Waals surface area contributed by atoms with Crippen molar-refractivity contribution >= 4 is 10.8 Å². The second-order valence-electron chi connectivity index (χ2n) is 4.55. The minimum atomic E-state index is 0.0871. The van der Waals surface area contributed by atoms with Gasteiger partial charge in [0.15, 0.2) is 0 Å². The largest absolute Gasteiger partial charge is 0.330 e. The molecule has 90 valence electrons. The Morgan fingerprint density at radius 2 is 1.76 bits per heavy atom. The summed E-state index contributed by atoms with van der Waals surface area (Å²) in [5.41, 5.74) is 14.3. The van der Waals surface area contributed by atoms with Crippen LogP contribution in [0.3, 0.4) is 0 Å². The van der Waals surface area contributed by atoms with Crippen molar-refractivity contribution in [3.8, 4) is 0 Å². The summed E-state index contributed by atoms with van der Waals surface area (Å²) in [7, 11) is 0. The zero-order chi connectivity index (χ0) is 12.3. The minimum Gasteiger partial charge on any atom is -0.330 e. The molecule has 0 amide bonds. The van der Waals surface area contributed by atoms with E-state index in [1.807, 2.05) is 0 Å². The van der Waals surface area contributed by atoms with Gasteiger partial charge in [-0.3, -0.25) is 0 Å². The Labute approximate surface area is 103 Å². The SMILES string of the molecule is Cc1ccc([C@H](N)CCCN)c2ccccc12. The van der Waals surface area contributed by atoms with Crippen LogP contribution in [0.15, 0.2) is 36.4 Å². The van der Waals surface area contributed by atoms with Crippen molar-refractivity contribution in [3.63, 3.8) is 0 Å². The third-order valence-corrected chi connectivity index (χ3v) is 3.29. The number of fused-ring (bicyclic) bond motifs is 1. The Morgan fingerprint density at radius 3 is 2.47 bits per heavy atom. The van der Waals surface area contributed by atoms with E-state index in [0.717, 1.165) is 12.8 Å². The summed E-state index contributed by atoms with van der Waals surface area (Å²) in [6, 6.07) is 12.8. The minimum absolute atomic E-state index is 0.0871. The number of rotatable bonds is 4. The van der Waals surface area contributed by atoms with E-state index in [2.05, 4.69) is 43.3 Å². The van der Waals surface area contributed by atoms with Gasteiger partial charge in [-0.1, -0.05) is 36.4 Å². The number of hydrogen-bond donors (Lipinski definition) is 2. The van der Waals surface area contributed by atoms with Gasteiger partial charge in [0.2, 0.25) is 0 Å². The molecule has 0 radical (unpaired) electrons. The van der Waals surface area contributed by atoms with Gasteiger partial charge >= 0.3 is 0 Å². The van der Waals surface area contributed by atoms with Crippen molar-refractivity contribution < 1.29 is 0 Å². The molecule has 0 fully saturated rings. The van der Waals surface area contributed by atoms with Crippen molar-refractivity contribution in [1.29, 1.82) is 0 Å². The van der Waals surface area contributed by atoms with Gasteiger partial charge in [-0.05, 0) is 48.2 Å². The molecule has 2 aromatic carbocycles. The zero-order valence-electron chi connectivity index (χ0n) is 10.3. The van der Waals surface area contributed by atoms with Crippen LogP contribution in [0.5, 0.6) is 0 Å². The molecule has 4 N–H and O–H groups in total. The molecule has 0 unspecified atom stereocenters. The highest BCUT2D eigenvalue weighted by molar-refractivity contribution is 5.88. The summed E-state index contributed by atoms with van der Waals surface area (Å²) in [6.45, 7) is 2.84. The number of benzene rings is 2. The summed E-state index contributed by atoms with van der Waals surface area (Å²) in [5, 5.41) is 2.57. The van der Waals surface area contributed by atoms with Crippen LogP contribution in [-0.2, 0) is 0 Å². The average molecular weight is 228 g/mol. The highest BCUT2D eigenvalue weighted by Crippen LogP contribution is 2.27. The molecule has 0 bridgehead atoms. The number of nitrogens with two attached hydrogens (primary N) is 2. The summed E-state index contributed by atoms with van der Waals surface area (Å²) in [5.74, 6) is 0. The Balaban J connectivity index is 2.44. The first-order valence-corrected chi connectivity index (χ1v) is 6.18. The topological polar surface area (TPSA) is 52.0 Å². The fraction of sp³-hybridized carbons (Fsp3) is 0.333. The Kier molecular flexibility index (Phi) is 3.77. The van der Waals surface area contributed by atoms with Crippen molar-refractivity contribution in [2.45, 2.75) is 25.8 Å². The van der Waals surface area contributed by atoms with E-state index >= 15 is 0 Å². The van der Waals surface area contributed by atoms with Crippen LogP contribution < -0.4 is 11.5 Å². The van der Waals surface area contributed by atoms with Gasteiger partial charge < -0.3 is 11.5 Å². The van der Waals surface area contributed by atoms with Crippen molar-refractivity contribution in [2.75, 3.05) is 6.54 Å². The van der Waals surface area contributed by atoms with Crippen molar-refractivity contribution in [2.24, 2.45) is 11.5 Å². The molecule has 17 heavy (non-hydrogen) atoms. The summed E-state index contributed by atoms with van der Waals surface area (Å²) >= 11 is 0.